The summed E-state index contributed by atoms with van der Waals surface area (Å²) in [6.07, 6.45) is 6.70. The van der Waals surface area contributed by atoms with Crippen LogP contribution >= 0.6 is 0 Å². The Labute approximate surface area is 224 Å². The molecule has 1 aliphatic rings. The highest BCUT2D eigenvalue weighted by atomic mass is 16.4. The van der Waals surface area contributed by atoms with Gasteiger partial charge in [0.05, 0.1) is 12.3 Å². The van der Waals surface area contributed by atoms with E-state index in [0.29, 0.717) is 17.9 Å². The minimum absolute atomic E-state index is 0.0743. The normalized spacial score (nSPS) is 14.4. The number of rotatable bonds is 10. The Morgan fingerprint density at radius 1 is 0.868 bits per heavy atom. The standard InChI is InChI=1S/C32H36N2O4/c1-22-7-17-28(18-8-22)34-32(38)29(26-15-13-25(14-16-26)24-5-3-2-4-6-24)21-23-9-11-27(12-10-23)31(37)33-20-19-30(35)36/h7-18,24,29H,2-6,19-21H2,1H3,(H,33,37)(H,34,38)(H,35,36). The van der Waals surface area contributed by atoms with E-state index < -0.39 is 11.9 Å². The van der Waals surface area contributed by atoms with E-state index in [2.05, 4.69) is 34.9 Å². The number of carbonyl (C=O) groups excluding carboxylic acids is 2. The van der Waals surface area contributed by atoms with Gasteiger partial charge < -0.3 is 15.7 Å². The molecule has 0 saturated heterocycles. The predicted octanol–water partition coefficient (Wildman–Crippen LogP) is 6.21. The largest absolute Gasteiger partial charge is 0.481 e. The van der Waals surface area contributed by atoms with Gasteiger partial charge in [-0.2, -0.15) is 0 Å². The van der Waals surface area contributed by atoms with Crippen LogP contribution in [0, 0.1) is 6.92 Å². The van der Waals surface area contributed by atoms with E-state index in [-0.39, 0.29) is 24.8 Å². The highest BCUT2D eigenvalue weighted by Gasteiger charge is 2.23. The number of nitrogens with one attached hydrogen (secondary N) is 2. The Kier molecular flexibility index (Phi) is 9.30. The van der Waals surface area contributed by atoms with E-state index >= 15 is 0 Å². The lowest BCUT2D eigenvalue weighted by Crippen LogP contribution is -2.26. The van der Waals surface area contributed by atoms with Crippen LogP contribution in [0.1, 0.15) is 83.0 Å². The molecule has 0 radical (unpaired) electrons. The molecule has 4 rings (SSSR count). The molecule has 38 heavy (non-hydrogen) atoms. The summed E-state index contributed by atoms with van der Waals surface area (Å²) in [7, 11) is 0. The number of benzene rings is 3. The number of aliphatic carboxylic acids is 1. The van der Waals surface area contributed by atoms with Gasteiger partial charge >= 0.3 is 5.97 Å². The zero-order chi connectivity index (χ0) is 26.9. The minimum atomic E-state index is -0.956. The van der Waals surface area contributed by atoms with E-state index in [1.807, 2.05) is 43.3 Å². The average Bonchev–Trinajstić information content (AvgIpc) is 2.93. The lowest BCUT2D eigenvalue weighted by molar-refractivity contribution is -0.136. The van der Waals surface area contributed by atoms with Gasteiger partial charge in [-0.15, -0.1) is 0 Å². The maximum atomic E-state index is 13.5. The first-order valence-corrected chi connectivity index (χ1v) is 13.5. The molecule has 0 bridgehead atoms. The molecule has 3 aromatic rings. The highest BCUT2D eigenvalue weighted by Crippen LogP contribution is 2.33. The first-order valence-electron chi connectivity index (χ1n) is 13.5. The number of carboxylic acid groups (broad SMARTS) is 1. The Bertz CT molecular complexity index is 1230. The van der Waals surface area contributed by atoms with Gasteiger partial charge in [0.1, 0.15) is 0 Å². The van der Waals surface area contributed by atoms with Crippen LogP contribution < -0.4 is 10.6 Å². The minimum Gasteiger partial charge on any atom is -0.481 e. The van der Waals surface area contributed by atoms with Crippen molar-refractivity contribution in [1.29, 1.82) is 0 Å². The van der Waals surface area contributed by atoms with E-state index in [9.17, 15) is 14.4 Å². The van der Waals surface area contributed by atoms with Crippen molar-refractivity contribution in [2.45, 2.75) is 63.7 Å². The Balaban J connectivity index is 1.50. The molecule has 1 saturated carbocycles. The van der Waals surface area contributed by atoms with Gasteiger partial charge in [0.15, 0.2) is 0 Å². The molecular formula is C32H36N2O4. The lowest BCUT2D eigenvalue weighted by Gasteiger charge is -2.23. The molecule has 1 atom stereocenters. The summed E-state index contributed by atoms with van der Waals surface area (Å²) in [6.45, 7) is 2.09. The molecule has 6 heteroatoms. The van der Waals surface area contributed by atoms with Crippen LogP contribution in [-0.2, 0) is 16.0 Å². The number of hydrogen-bond acceptors (Lipinski definition) is 3. The third-order valence-electron chi connectivity index (χ3n) is 7.33. The number of amides is 2. The Hall–Kier alpha value is -3.93. The molecule has 3 aromatic carbocycles. The van der Waals surface area contributed by atoms with Gasteiger partial charge in [0, 0.05) is 17.8 Å². The molecule has 0 aromatic heterocycles. The maximum absolute atomic E-state index is 13.5. The van der Waals surface area contributed by atoms with Crippen LogP contribution in [0.5, 0.6) is 0 Å². The van der Waals surface area contributed by atoms with Crippen molar-refractivity contribution in [3.63, 3.8) is 0 Å². The molecular weight excluding hydrogens is 476 g/mol. The van der Waals surface area contributed by atoms with Crippen molar-refractivity contribution < 1.29 is 19.5 Å². The third-order valence-corrected chi connectivity index (χ3v) is 7.33. The number of carbonyl (C=O) groups is 3. The van der Waals surface area contributed by atoms with Crippen LogP contribution in [0.3, 0.4) is 0 Å². The summed E-state index contributed by atoms with van der Waals surface area (Å²) < 4.78 is 0. The second kappa shape index (κ2) is 13.0. The molecule has 1 unspecified atom stereocenters. The summed E-state index contributed by atoms with van der Waals surface area (Å²) in [6, 6.07) is 23.5. The van der Waals surface area contributed by atoms with Crippen LogP contribution in [0.15, 0.2) is 72.8 Å². The fourth-order valence-electron chi connectivity index (χ4n) is 5.08. The van der Waals surface area contributed by atoms with Crippen LogP contribution in [0.25, 0.3) is 0 Å². The fourth-order valence-corrected chi connectivity index (χ4v) is 5.08. The van der Waals surface area contributed by atoms with Gasteiger partial charge in [-0.1, -0.05) is 73.4 Å². The first kappa shape index (κ1) is 27.1. The Morgan fingerprint density at radius 2 is 1.53 bits per heavy atom. The molecule has 0 heterocycles. The van der Waals surface area contributed by atoms with Crippen LogP contribution in [0.4, 0.5) is 5.69 Å². The lowest BCUT2D eigenvalue weighted by atomic mass is 9.83. The summed E-state index contributed by atoms with van der Waals surface area (Å²) >= 11 is 0. The third kappa shape index (κ3) is 7.54. The van der Waals surface area contributed by atoms with E-state index in [4.69, 9.17) is 5.11 Å². The summed E-state index contributed by atoms with van der Waals surface area (Å²) in [5.41, 5.74) is 5.60. The second-order valence-electron chi connectivity index (χ2n) is 10.2. The first-order chi connectivity index (χ1) is 18.4. The van der Waals surface area contributed by atoms with Crippen molar-refractivity contribution in [3.8, 4) is 0 Å². The van der Waals surface area contributed by atoms with E-state index in [1.165, 1.54) is 37.7 Å². The monoisotopic (exact) mass is 512 g/mol. The predicted molar refractivity (Wildman–Crippen MR) is 150 cm³/mol. The van der Waals surface area contributed by atoms with Gasteiger partial charge in [-0.25, -0.2) is 0 Å². The second-order valence-corrected chi connectivity index (χ2v) is 10.2. The van der Waals surface area contributed by atoms with Gasteiger partial charge in [-0.05, 0) is 73.1 Å². The molecule has 0 spiro atoms. The van der Waals surface area contributed by atoms with Crippen molar-refractivity contribution in [2.75, 3.05) is 11.9 Å². The SMILES string of the molecule is Cc1ccc(NC(=O)C(Cc2ccc(C(=O)NCCC(=O)O)cc2)c2ccc(C3CCCCC3)cc2)cc1. The molecule has 1 aliphatic carbocycles. The average molecular weight is 513 g/mol. The van der Waals surface area contributed by atoms with Crippen molar-refractivity contribution in [3.05, 3.63) is 101 Å². The summed E-state index contributed by atoms with van der Waals surface area (Å²) in [4.78, 5) is 36.5. The van der Waals surface area contributed by atoms with E-state index in [1.54, 1.807) is 12.1 Å². The molecule has 1 fully saturated rings. The number of carboxylic acids is 1. The van der Waals surface area contributed by atoms with Gasteiger partial charge in [0.2, 0.25) is 5.91 Å². The van der Waals surface area contributed by atoms with Crippen LogP contribution in [-0.4, -0.2) is 29.4 Å². The smallest absolute Gasteiger partial charge is 0.305 e. The van der Waals surface area contributed by atoms with Crippen molar-refractivity contribution in [2.24, 2.45) is 0 Å². The summed E-state index contributed by atoms with van der Waals surface area (Å²) in [5, 5.41) is 14.4. The molecule has 6 nitrogen and oxygen atoms in total. The van der Waals surface area contributed by atoms with Crippen molar-refractivity contribution in [1.82, 2.24) is 5.32 Å². The van der Waals surface area contributed by atoms with Crippen LogP contribution in [0.2, 0.25) is 0 Å². The zero-order valence-corrected chi connectivity index (χ0v) is 21.9. The molecule has 2 amide bonds. The maximum Gasteiger partial charge on any atom is 0.305 e. The molecule has 3 N–H and O–H groups in total. The van der Waals surface area contributed by atoms with Crippen molar-refractivity contribution >= 4 is 23.5 Å². The molecule has 198 valence electrons. The van der Waals surface area contributed by atoms with Gasteiger partial charge in [-0.3, -0.25) is 14.4 Å². The fraction of sp³-hybridized carbons (Fsp3) is 0.344. The number of anilines is 1. The number of aryl methyl sites for hydroxylation is 1. The zero-order valence-electron chi connectivity index (χ0n) is 21.9. The highest BCUT2D eigenvalue weighted by molar-refractivity contribution is 5.96. The van der Waals surface area contributed by atoms with Gasteiger partial charge in [0.25, 0.3) is 5.91 Å². The molecule has 0 aliphatic heterocycles. The van der Waals surface area contributed by atoms with E-state index in [0.717, 1.165) is 22.4 Å². The topological polar surface area (TPSA) is 95.5 Å². The number of hydrogen-bond donors (Lipinski definition) is 3. The summed E-state index contributed by atoms with van der Waals surface area (Å²) in [5.74, 6) is -1.14. The quantitative estimate of drug-likeness (QED) is 0.301. The Morgan fingerprint density at radius 3 is 2.16 bits per heavy atom.